The van der Waals surface area contributed by atoms with Gasteiger partial charge in [0.25, 0.3) is 0 Å². The molecule has 17 heavy (non-hydrogen) atoms. The molecule has 2 aromatic rings. The maximum absolute atomic E-state index is 11.1. The Morgan fingerprint density at radius 1 is 1.53 bits per heavy atom. The van der Waals surface area contributed by atoms with Crippen LogP contribution in [0.4, 0.5) is 0 Å². The predicted molar refractivity (Wildman–Crippen MR) is 62.5 cm³/mol. The maximum atomic E-state index is 11.1. The molecular formula is C11H12ClLiN2O2. The number of aryl methyl sites for hydroxylation is 1. The molecule has 0 atom stereocenters. The van der Waals surface area contributed by atoms with Crippen LogP contribution in [0.25, 0.3) is 11.0 Å². The first-order valence-corrected chi connectivity index (χ1v) is 5.28. The first-order valence-electron chi connectivity index (χ1n) is 4.90. The number of esters is 1. The summed E-state index contributed by atoms with van der Waals surface area (Å²) in [5, 5.41) is 0.394. The molecule has 0 radical (unpaired) electrons. The van der Waals surface area contributed by atoms with Gasteiger partial charge < -0.3 is 10.7 Å². The van der Waals surface area contributed by atoms with Crippen molar-refractivity contribution in [1.29, 1.82) is 0 Å². The number of ether oxygens (including phenoxy) is 1. The van der Waals surface area contributed by atoms with E-state index in [2.05, 4.69) is 9.72 Å². The Labute approximate surface area is 118 Å². The van der Waals surface area contributed by atoms with Crippen LogP contribution in [0.5, 0.6) is 0 Å². The van der Waals surface area contributed by atoms with Crippen molar-refractivity contribution in [3.05, 3.63) is 29.5 Å². The summed E-state index contributed by atoms with van der Waals surface area (Å²) < 4.78 is 6.38. The van der Waals surface area contributed by atoms with Gasteiger partial charge in [0.15, 0.2) is 0 Å². The quantitative estimate of drug-likeness (QED) is 0.535. The summed E-state index contributed by atoms with van der Waals surface area (Å²) in [6.45, 7) is 0.478. The van der Waals surface area contributed by atoms with Gasteiger partial charge in [0, 0.05) is 6.54 Å². The van der Waals surface area contributed by atoms with Crippen LogP contribution in [0.1, 0.15) is 7.85 Å². The Morgan fingerprint density at radius 3 is 2.94 bits per heavy atom. The monoisotopic (exact) mass is 246 g/mol. The number of nitrogens with zero attached hydrogens (tertiary/aromatic N) is 2. The average molecular weight is 247 g/mol. The second-order valence-electron chi connectivity index (χ2n) is 3.35. The van der Waals surface area contributed by atoms with Gasteiger partial charge in [-0.3, -0.25) is 4.79 Å². The van der Waals surface area contributed by atoms with E-state index in [9.17, 15) is 4.79 Å². The zero-order chi connectivity index (χ0) is 11.5. The van der Waals surface area contributed by atoms with Gasteiger partial charge in [-0.2, -0.15) is 0 Å². The summed E-state index contributed by atoms with van der Waals surface area (Å²) in [6, 6.07) is 7.62. The first kappa shape index (κ1) is 14.1. The Morgan fingerprint density at radius 2 is 2.24 bits per heavy atom. The second kappa shape index (κ2) is 6.11. The Bertz CT molecular complexity index is 533. The molecule has 0 amide bonds. The van der Waals surface area contributed by atoms with Crippen LogP contribution >= 0.6 is 11.6 Å². The number of fused-ring (bicyclic) bond motifs is 1. The van der Waals surface area contributed by atoms with E-state index in [1.807, 2.05) is 24.3 Å². The van der Waals surface area contributed by atoms with E-state index < -0.39 is 0 Å². The average Bonchev–Trinajstić information content (AvgIpc) is 2.62. The van der Waals surface area contributed by atoms with E-state index in [0.29, 0.717) is 11.8 Å². The molecule has 0 aliphatic heterocycles. The van der Waals surface area contributed by atoms with Crippen LogP contribution in [0.15, 0.2) is 24.3 Å². The fourth-order valence-electron chi connectivity index (χ4n) is 1.56. The smallest absolute Gasteiger partial charge is 1.00 e. The third-order valence-electron chi connectivity index (χ3n) is 2.38. The van der Waals surface area contributed by atoms with Crippen molar-refractivity contribution in [1.82, 2.24) is 9.55 Å². The fourth-order valence-corrected chi connectivity index (χ4v) is 1.83. The minimum Gasteiger partial charge on any atom is -1.00 e. The third kappa shape index (κ3) is 3.04. The van der Waals surface area contributed by atoms with Crippen molar-refractivity contribution in [2.75, 3.05) is 7.11 Å². The summed E-state index contributed by atoms with van der Waals surface area (Å²) in [5.74, 6) is -0.256. The van der Waals surface area contributed by atoms with Crippen LogP contribution in [0.2, 0.25) is 5.28 Å². The fraction of sp³-hybridized carbons (Fsp3) is 0.273. The Kier molecular flexibility index (Phi) is 5.07. The number of methoxy groups -OCH3 is 1. The van der Waals surface area contributed by atoms with Gasteiger partial charge in [-0.25, -0.2) is 4.98 Å². The topological polar surface area (TPSA) is 44.1 Å². The minimum atomic E-state index is -0.256. The maximum Gasteiger partial charge on any atom is 1.00 e. The molecular weight excluding hydrogens is 235 g/mol. The van der Waals surface area contributed by atoms with Crippen LogP contribution < -0.4 is 18.9 Å². The molecule has 0 bridgehead atoms. The number of carbonyl (C=O) groups is 1. The molecule has 1 aromatic heterocycles. The molecule has 0 unspecified atom stereocenters. The molecule has 2 rings (SSSR count). The number of rotatable bonds is 3. The molecule has 6 heteroatoms. The summed E-state index contributed by atoms with van der Waals surface area (Å²) in [6.07, 6.45) is 0.288. The van der Waals surface area contributed by atoms with Crippen molar-refractivity contribution in [2.24, 2.45) is 0 Å². The van der Waals surface area contributed by atoms with Gasteiger partial charge in [-0.1, -0.05) is 12.1 Å². The van der Waals surface area contributed by atoms with Gasteiger partial charge in [-0.15, -0.1) is 0 Å². The van der Waals surface area contributed by atoms with Gasteiger partial charge in [-0.05, 0) is 23.7 Å². The van der Waals surface area contributed by atoms with Crippen molar-refractivity contribution in [3.8, 4) is 0 Å². The summed E-state index contributed by atoms with van der Waals surface area (Å²) in [7, 11) is 1.37. The molecule has 4 nitrogen and oxygen atoms in total. The standard InChI is InChI=1S/C11H11ClN2O2.Li.H/c1-16-10(15)6-7-14-9-5-3-2-4-8(9)13-11(14)12;;/h2-5H,6-7H2,1H3;;/q;+1;-1. The molecule has 0 fully saturated rings. The predicted octanol–water partition coefficient (Wildman–Crippen LogP) is -0.631. The molecule has 1 heterocycles. The number of aromatic nitrogens is 2. The van der Waals surface area contributed by atoms with E-state index in [-0.39, 0.29) is 32.7 Å². The van der Waals surface area contributed by atoms with Crippen molar-refractivity contribution in [3.63, 3.8) is 0 Å². The number of benzene rings is 1. The summed E-state index contributed by atoms with van der Waals surface area (Å²) in [4.78, 5) is 15.2. The summed E-state index contributed by atoms with van der Waals surface area (Å²) >= 11 is 5.99. The minimum absolute atomic E-state index is 0. The van der Waals surface area contributed by atoms with E-state index >= 15 is 0 Å². The zero-order valence-corrected chi connectivity index (χ0v) is 10.6. The largest absolute Gasteiger partial charge is 1.00 e. The van der Waals surface area contributed by atoms with Crippen LogP contribution in [-0.2, 0) is 16.1 Å². The molecule has 1 aromatic carbocycles. The van der Waals surface area contributed by atoms with Crippen LogP contribution in [0, 0.1) is 0 Å². The van der Waals surface area contributed by atoms with Gasteiger partial charge in [0.05, 0.1) is 24.6 Å². The van der Waals surface area contributed by atoms with Crippen molar-refractivity contribution >= 4 is 28.6 Å². The number of para-hydroxylation sites is 2. The number of hydrogen-bond donors (Lipinski definition) is 0. The van der Waals surface area contributed by atoms with E-state index in [4.69, 9.17) is 11.6 Å². The zero-order valence-electron chi connectivity index (χ0n) is 10.8. The summed E-state index contributed by atoms with van der Waals surface area (Å²) in [5.41, 5.74) is 1.76. The molecule has 0 aliphatic rings. The third-order valence-corrected chi connectivity index (χ3v) is 2.66. The Hall–Kier alpha value is -0.953. The van der Waals surface area contributed by atoms with Gasteiger partial charge >= 0.3 is 24.8 Å². The molecule has 86 valence electrons. The van der Waals surface area contributed by atoms with Gasteiger partial charge in [0.2, 0.25) is 5.28 Å². The van der Waals surface area contributed by atoms with Crippen molar-refractivity contribution in [2.45, 2.75) is 13.0 Å². The molecule has 0 saturated carbocycles. The van der Waals surface area contributed by atoms with E-state index in [0.717, 1.165) is 11.0 Å². The Balaban J connectivity index is 0.00000144. The first-order chi connectivity index (χ1) is 7.72. The normalized spacial score (nSPS) is 10.0. The number of hydrogen-bond acceptors (Lipinski definition) is 3. The number of imidazole rings is 1. The number of carbonyl (C=O) groups excluding carboxylic acids is 1. The second-order valence-corrected chi connectivity index (χ2v) is 3.69. The van der Waals surface area contributed by atoms with E-state index in [1.165, 1.54) is 7.11 Å². The SMILES string of the molecule is COC(=O)CCn1c(Cl)nc2ccccc21.[H-].[Li+]. The van der Waals surface area contributed by atoms with Gasteiger partial charge in [0.1, 0.15) is 0 Å². The van der Waals surface area contributed by atoms with Crippen LogP contribution in [-0.4, -0.2) is 22.6 Å². The number of halogens is 1. The van der Waals surface area contributed by atoms with Crippen LogP contribution in [0.3, 0.4) is 0 Å². The van der Waals surface area contributed by atoms with E-state index in [1.54, 1.807) is 4.57 Å². The van der Waals surface area contributed by atoms with Crippen molar-refractivity contribution < 1.29 is 29.8 Å². The molecule has 0 aliphatic carbocycles. The molecule has 0 spiro atoms. The molecule has 0 N–H and O–H groups in total. The molecule has 0 saturated heterocycles.